The zero-order valence-corrected chi connectivity index (χ0v) is 21.9. The highest BCUT2D eigenvalue weighted by Crippen LogP contribution is 2.17. The maximum Gasteiger partial charge on any atom is 0.227 e. The van der Waals surface area contributed by atoms with E-state index in [2.05, 4.69) is 63.1 Å². The van der Waals surface area contributed by atoms with E-state index in [1.165, 1.54) is 11.4 Å². The quantitative estimate of drug-likeness (QED) is 0.341. The molecular weight excluding hydrogens is 452 g/mol. The van der Waals surface area contributed by atoms with E-state index in [9.17, 15) is 8.76 Å². The molecule has 2 aromatic rings. The highest BCUT2D eigenvalue weighted by Gasteiger charge is 2.10. The van der Waals surface area contributed by atoms with Crippen molar-refractivity contribution < 1.29 is 8.76 Å². The Bertz CT molecular complexity index is 840. The molecule has 0 aliphatic heterocycles. The average molecular weight is 492 g/mol. The van der Waals surface area contributed by atoms with Gasteiger partial charge in [-0.25, -0.2) is 0 Å². The lowest BCUT2D eigenvalue weighted by molar-refractivity contribution is 0.315. The van der Waals surface area contributed by atoms with Gasteiger partial charge in [0.05, 0.1) is 0 Å². The number of nitrogens with one attached hydrogen (secondary N) is 2. The highest BCUT2D eigenvalue weighted by molar-refractivity contribution is 7.80. The maximum absolute atomic E-state index is 11.2. The maximum atomic E-state index is 11.2. The number of aromatic nitrogens is 3. The van der Waals surface area contributed by atoms with Gasteiger partial charge in [-0.2, -0.15) is 15.0 Å². The topological polar surface area (TPSA) is 113 Å². The lowest BCUT2D eigenvalue weighted by atomic mass is 10.1. The van der Waals surface area contributed by atoms with Gasteiger partial charge in [0.1, 0.15) is 5.82 Å². The van der Waals surface area contributed by atoms with Crippen molar-refractivity contribution >= 4 is 28.9 Å². The summed E-state index contributed by atoms with van der Waals surface area (Å²) in [5.41, 5.74) is 1.59. The van der Waals surface area contributed by atoms with Crippen molar-refractivity contribution in [2.24, 2.45) is 0 Å². The van der Waals surface area contributed by atoms with Crippen molar-refractivity contribution in [1.82, 2.24) is 24.8 Å². The Kier molecular flexibility index (Phi) is 12.2. The van der Waals surface area contributed by atoms with Crippen LogP contribution in [0.25, 0.3) is 0 Å². The molecule has 10 nitrogen and oxygen atoms in total. The van der Waals surface area contributed by atoms with Crippen LogP contribution in [-0.2, 0) is 17.7 Å². The van der Waals surface area contributed by atoms with E-state index in [1.807, 2.05) is 12.1 Å². The molecule has 34 heavy (non-hydrogen) atoms. The van der Waals surface area contributed by atoms with Crippen LogP contribution in [0.1, 0.15) is 39.1 Å². The first-order valence-electron chi connectivity index (χ1n) is 12.0. The van der Waals surface area contributed by atoms with Crippen LogP contribution in [0.15, 0.2) is 24.3 Å². The molecule has 0 amide bonds. The van der Waals surface area contributed by atoms with Gasteiger partial charge in [-0.1, -0.05) is 39.8 Å². The van der Waals surface area contributed by atoms with Gasteiger partial charge in [0.25, 0.3) is 0 Å². The third-order valence-electron chi connectivity index (χ3n) is 5.78. The minimum Gasteiger partial charge on any atom is -0.755 e. The molecule has 0 spiro atoms. The molecule has 11 heteroatoms. The van der Waals surface area contributed by atoms with E-state index < -0.39 is 11.3 Å². The lowest BCUT2D eigenvalue weighted by Crippen LogP contribution is -2.30. The largest absolute Gasteiger partial charge is 0.755 e. The highest BCUT2D eigenvalue weighted by atomic mass is 32.2. The van der Waals surface area contributed by atoms with Crippen LogP contribution in [0.5, 0.6) is 0 Å². The number of likely N-dealkylation sites (N-methyl/N-ethyl adjacent to an activating group) is 2. The molecule has 2 rings (SSSR count). The molecule has 1 aromatic carbocycles. The van der Waals surface area contributed by atoms with Gasteiger partial charge < -0.3 is 29.3 Å². The molecule has 0 bridgehead atoms. The van der Waals surface area contributed by atoms with Crippen molar-refractivity contribution in [2.75, 3.05) is 74.3 Å². The van der Waals surface area contributed by atoms with Crippen LogP contribution in [-0.4, -0.2) is 92.9 Å². The summed E-state index contributed by atoms with van der Waals surface area (Å²) in [4.78, 5) is 18.5. The summed E-state index contributed by atoms with van der Waals surface area (Å²) in [7, 11) is 1.51. The molecule has 190 valence electrons. The Morgan fingerprint density at radius 1 is 0.824 bits per heavy atom. The number of nitrogens with zero attached hydrogens (tertiary/aromatic N) is 6. The van der Waals surface area contributed by atoms with E-state index in [1.54, 1.807) is 12.1 Å². The van der Waals surface area contributed by atoms with Crippen molar-refractivity contribution in [1.29, 1.82) is 0 Å². The Balaban J connectivity index is 2.13. The fourth-order valence-corrected chi connectivity index (χ4v) is 3.77. The fourth-order valence-electron chi connectivity index (χ4n) is 3.48. The third kappa shape index (κ3) is 9.13. The monoisotopic (exact) mass is 491 g/mol. The number of benzene rings is 1. The molecule has 1 atom stereocenters. The summed E-state index contributed by atoms with van der Waals surface area (Å²) >= 11 is -2.30. The minimum atomic E-state index is -2.30. The second-order valence-corrected chi connectivity index (χ2v) is 8.85. The third-order valence-corrected chi connectivity index (χ3v) is 6.44. The zero-order chi connectivity index (χ0) is 24.9. The summed E-state index contributed by atoms with van der Waals surface area (Å²) in [6, 6.07) is 7.34. The van der Waals surface area contributed by atoms with E-state index in [0.29, 0.717) is 29.8 Å². The Labute approximate surface area is 206 Å². The van der Waals surface area contributed by atoms with Gasteiger partial charge in [-0.15, -0.1) is 0 Å². The molecule has 1 heterocycles. The molecule has 1 unspecified atom stereocenters. The Hall–Kier alpha value is -2.34. The zero-order valence-electron chi connectivity index (χ0n) is 21.1. The van der Waals surface area contributed by atoms with Gasteiger partial charge in [-0.05, 0) is 43.9 Å². The molecule has 0 fully saturated rings. The van der Waals surface area contributed by atoms with Gasteiger partial charge in [-0.3, -0.25) is 4.21 Å². The Morgan fingerprint density at radius 2 is 1.29 bits per heavy atom. The second kappa shape index (κ2) is 14.8. The number of rotatable bonds is 16. The summed E-state index contributed by atoms with van der Waals surface area (Å²) in [5, 5.41) is 6.68. The standard InChI is InChI=1S/C23H40N8O2S/c1-6-30(7-2)16-14-24-22-26-21(27-23(28-22)25-15-17-31(8-3)9-4)18-19-10-12-20(13-11-19)29(5)34(32)33/h10-13H,6-9,14-18H2,1-5H3,(H,32,33)(H2,24,25,26,27,28)/p-1. The molecule has 0 aliphatic rings. The summed E-state index contributed by atoms with van der Waals surface area (Å²) in [5.74, 6) is 1.76. The smallest absolute Gasteiger partial charge is 0.227 e. The van der Waals surface area contributed by atoms with Crippen LogP contribution in [0, 0.1) is 0 Å². The molecule has 0 radical (unpaired) electrons. The first-order chi connectivity index (χ1) is 16.4. The SMILES string of the molecule is CCN(CC)CCNc1nc(Cc2ccc(N(C)S(=O)[O-])cc2)nc(NCCN(CC)CC)n1. The van der Waals surface area contributed by atoms with Crippen molar-refractivity contribution in [3.05, 3.63) is 35.7 Å². The Morgan fingerprint density at radius 3 is 1.71 bits per heavy atom. The lowest BCUT2D eigenvalue weighted by Gasteiger charge is -2.21. The van der Waals surface area contributed by atoms with Crippen LogP contribution in [0.4, 0.5) is 17.6 Å². The molecule has 2 N–H and O–H groups in total. The first kappa shape index (κ1) is 27.9. The summed E-state index contributed by atoms with van der Waals surface area (Å²) in [6.07, 6.45) is 0.516. The average Bonchev–Trinajstić information content (AvgIpc) is 2.84. The number of hydrogen-bond donors (Lipinski definition) is 2. The number of hydrogen-bond acceptors (Lipinski definition) is 9. The van der Waals surface area contributed by atoms with Gasteiger partial charge >= 0.3 is 0 Å². The molecular formula is C23H39N8O2S-. The van der Waals surface area contributed by atoms with E-state index in [0.717, 1.165) is 57.9 Å². The van der Waals surface area contributed by atoms with E-state index in [-0.39, 0.29) is 0 Å². The van der Waals surface area contributed by atoms with Crippen molar-refractivity contribution in [3.8, 4) is 0 Å². The predicted molar refractivity (Wildman–Crippen MR) is 139 cm³/mol. The van der Waals surface area contributed by atoms with E-state index in [4.69, 9.17) is 0 Å². The molecule has 0 aliphatic carbocycles. The van der Waals surface area contributed by atoms with Crippen molar-refractivity contribution in [3.63, 3.8) is 0 Å². The van der Waals surface area contributed by atoms with Crippen LogP contribution in [0.3, 0.4) is 0 Å². The van der Waals surface area contributed by atoms with Crippen molar-refractivity contribution in [2.45, 2.75) is 34.1 Å². The normalized spacial score (nSPS) is 12.2. The predicted octanol–water partition coefficient (Wildman–Crippen LogP) is 2.20. The minimum absolute atomic E-state index is 0.516. The first-order valence-corrected chi connectivity index (χ1v) is 13.0. The van der Waals surface area contributed by atoms with Gasteiger partial charge in [0.2, 0.25) is 11.9 Å². The van der Waals surface area contributed by atoms with Crippen LogP contribution in [0.2, 0.25) is 0 Å². The van der Waals surface area contributed by atoms with Crippen LogP contribution >= 0.6 is 0 Å². The van der Waals surface area contributed by atoms with Gasteiger partial charge in [0.15, 0.2) is 0 Å². The second-order valence-electron chi connectivity index (χ2n) is 7.86. The number of anilines is 3. The summed E-state index contributed by atoms with van der Waals surface area (Å²) < 4.78 is 23.5. The van der Waals surface area contributed by atoms with Gasteiger partial charge in [0, 0.05) is 56.6 Å². The molecule has 0 saturated heterocycles. The molecule has 0 saturated carbocycles. The fraction of sp³-hybridized carbons (Fsp3) is 0.609. The molecule has 1 aromatic heterocycles. The van der Waals surface area contributed by atoms with Crippen LogP contribution < -0.4 is 14.9 Å². The van der Waals surface area contributed by atoms with E-state index >= 15 is 0 Å². The summed E-state index contributed by atoms with van der Waals surface area (Å²) in [6.45, 7) is 15.9.